The van der Waals surface area contributed by atoms with Gasteiger partial charge in [-0.25, -0.2) is 14.2 Å². The average Bonchev–Trinajstić information content (AvgIpc) is 3.51. The molecular weight excluding hydrogens is 465 g/mol. The number of rotatable bonds is 4. The van der Waals surface area contributed by atoms with Crippen molar-refractivity contribution in [2.45, 2.75) is 12.1 Å². The van der Waals surface area contributed by atoms with E-state index in [-0.39, 0.29) is 30.2 Å². The maximum absolute atomic E-state index is 14.8. The van der Waals surface area contributed by atoms with E-state index in [4.69, 9.17) is 14.9 Å². The molecular formula is C22H16FN5O5S. The van der Waals surface area contributed by atoms with E-state index in [1.54, 1.807) is 18.2 Å². The quantitative estimate of drug-likeness (QED) is 0.381. The van der Waals surface area contributed by atoms with Gasteiger partial charge in [-0.3, -0.25) is 14.9 Å². The Morgan fingerprint density at radius 3 is 2.85 bits per heavy atom. The van der Waals surface area contributed by atoms with Gasteiger partial charge in [0.1, 0.15) is 11.3 Å². The van der Waals surface area contributed by atoms with E-state index >= 15 is 0 Å². The van der Waals surface area contributed by atoms with Crippen LogP contribution in [0.15, 0.2) is 34.7 Å². The number of methoxy groups -OCH3 is 1. The Labute approximate surface area is 194 Å². The van der Waals surface area contributed by atoms with Crippen LogP contribution in [-0.4, -0.2) is 41.4 Å². The van der Waals surface area contributed by atoms with Crippen molar-refractivity contribution in [2.24, 2.45) is 0 Å². The van der Waals surface area contributed by atoms with E-state index in [9.17, 15) is 18.8 Å². The van der Waals surface area contributed by atoms with Gasteiger partial charge in [0.05, 0.1) is 29.4 Å². The molecule has 4 heterocycles. The van der Waals surface area contributed by atoms with Crippen LogP contribution in [0.4, 0.5) is 14.3 Å². The lowest BCUT2D eigenvalue weighted by molar-refractivity contribution is -0.125. The fourth-order valence-electron chi connectivity index (χ4n) is 4.51. The number of hydrogen-bond donors (Lipinski definition) is 3. The number of ether oxygens (including phenoxy) is 1. The van der Waals surface area contributed by atoms with Gasteiger partial charge < -0.3 is 25.1 Å². The number of nitrogens with one attached hydrogen (secondary N) is 2. The summed E-state index contributed by atoms with van der Waals surface area (Å²) >= 11 is 1.31. The summed E-state index contributed by atoms with van der Waals surface area (Å²) in [5.41, 5.74) is 5.49. The third-order valence-corrected chi connectivity index (χ3v) is 6.96. The number of carbonyl (C=O) groups excluding carboxylic acids is 3. The van der Waals surface area contributed by atoms with Crippen molar-refractivity contribution in [3.05, 3.63) is 53.0 Å². The molecule has 4 N–H and O–H groups in total. The van der Waals surface area contributed by atoms with Crippen LogP contribution >= 0.6 is 11.3 Å². The topological polar surface area (TPSA) is 140 Å². The number of carbonyl (C=O) groups is 3. The number of urea groups is 1. The second-order valence-corrected chi connectivity index (χ2v) is 9.17. The van der Waals surface area contributed by atoms with Gasteiger partial charge in [-0.05, 0) is 23.8 Å². The molecule has 0 spiro atoms. The monoisotopic (exact) mass is 481 g/mol. The van der Waals surface area contributed by atoms with Gasteiger partial charge in [-0.2, -0.15) is 0 Å². The summed E-state index contributed by atoms with van der Waals surface area (Å²) in [7, 11) is 1.31. The Hall–Kier alpha value is -4.19. The first-order valence-corrected chi connectivity index (χ1v) is 11.0. The molecule has 2 aromatic carbocycles. The van der Waals surface area contributed by atoms with Crippen LogP contribution in [0.1, 0.15) is 21.7 Å². The van der Waals surface area contributed by atoms with Crippen molar-refractivity contribution in [3.8, 4) is 5.75 Å². The molecule has 2 aliphatic heterocycles. The smallest absolute Gasteiger partial charge is 0.322 e. The van der Waals surface area contributed by atoms with Gasteiger partial charge >= 0.3 is 6.03 Å². The molecule has 1 atom stereocenters. The highest BCUT2D eigenvalue weighted by molar-refractivity contribution is 7.22. The van der Waals surface area contributed by atoms with Gasteiger partial charge in [0.25, 0.3) is 11.8 Å². The van der Waals surface area contributed by atoms with Crippen LogP contribution in [0.2, 0.25) is 0 Å². The highest BCUT2D eigenvalue weighted by Gasteiger charge is 2.53. The molecule has 0 bridgehead atoms. The lowest BCUT2D eigenvalue weighted by atomic mass is 9.95. The van der Waals surface area contributed by atoms with Crippen molar-refractivity contribution < 1.29 is 27.9 Å². The van der Waals surface area contributed by atoms with E-state index in [1.165, 1.54) is 29.4 Å². The van der Waals surface area contributed by atoms with E-state index in [1.807, 2.05) is 6.07 Å². The molecule has 4 aromatic rings. The van der Waals surface area contributed by atoms with Crippen molar-refractivity contribution in [2.75, 3.05) is 19.4 Å². The fourth-order valence-corrected chi connectivity index (χ4v) is 5.27. The molecule has 0 radical (unpaired) electrons. The summed E-state index contributed by atoms with van der Waals surface area (Å²) in [4.78, 5) is 43.8. The third-order valence-electron chi connectivity index (χ3n) is 6.11. The minimum atomic E-state index is -1.70. The number of halogens is 1. The molecule has 12 heteroatoms. The highest BCUT2D eigenvalue weighted by atomic mass is 32.1. The Balaban J connectivity index is 1.42. The second-order valence-electron chi connectivity index (χ2n) is 8.11. The summed E-state index contributed by atoms with van der Waals surface area (Å²) in [6.07, 6.45) is 0. The maximum Gasteiger partial charge on any atom is 0.322 e. The average molecular weight is 481 g/mol. The molecule has 10 nitrogen and oxygen atoms in total. The van der Waals surface area contributed by atoms with E-state index in [2.05, 4.69) is 15.6 Å². The summed E-state index contributed by atoms with van der Waals surface area (Å²) in [5.74, 6) is -1.98. The minimum Gasteiger partial charge on any atom is -0.494 e. The van der Waals surface area contributed by atoms with Crippen LogP contribution < -0.4 is 21.1 Å². The standard InChI is InChI=1S/C22H16FN5O5S/c1-32-12-3-2-9-7-28(18(29)16(9)17(12)23)8-22(19(30)26-21(31)27-22)15-5-10-4-14-11(6-13(10)33-15)25-20(24)34-14/h2-6H,7-8H2,1H3,(H2,24,25)(H2,26,27,30,31)/t22-/m0/s1. The Bertz CT molecular complexity index is 1510. The predicted molar refractivity (Wildman–Crippen MR) is 120 cm³/mol. The number of furan rings is 1. The van der Waals surface area contributed by atoms with Crippen molar-refractivity contribution >= 4 is 55.5 Å². The Morgan fingerprint density at radius 2 is 2.12 bits per heavy atom. The predicted octanol–water partition coefficient (Wildman–Crippen LogP) is 2.46. The van der Waals surface area contributed by atoms with Crippen molar-refractivity contribution in [1.82, 2.24) is 20.5 Å². The number of aromatic nitrogens is 1. The number of anilines is 1. The normalized spacial score (nSPS) is 19.7. The molecule has 4 amide bonds. The minimum absolute atomic E-state index is 0.0536. The van der Waals surface area contributed by atoms with Gasteiger partial charge in [0, 0.05) is 18.0 Å². The first kappa shape index (κ1) is 20.4. The molecule has 0 unspecified atom stereocenters. The summed E-state index contributed by atoms with van der Waals surface area (Å²) in [6.45, 7) is -0.210. The molecule has 1 fully saturated rings. The van der Waals surface area contributed by atoms with E-state index in [0.717, 1.165) is 4.70 Å². The lowest BCUT2D eigenvalue weighted by Crippen LogP contribution is -2.52. The highest BCUT2D eigenvalue weighted by Crippen LogP contribution is 2.37. The summed E-state index contributed by atoms with van der Waals surface area (Å²) in [6, 6.07) is 7.47. The van der Waals surface area contributed by atoms with E-state index in [0.29, 0.717) is 27.2 Å². The number of benzene rings is 2. The SMILES string of the molecule is COc1ccc2c(c1F)C(=O)N(C[C@@]1(c3cc4cc5sc(N)nc5cc4o3)NC(=O)NC1=O)C2. The number of hydrogen-bond acceptors (Lipinski definition) is 8. The second kappa shape index (κ2) is 6.90. The number of thiazole rings is 1. The van der Waals surface area contributed by atoms with Crippen molar-refractivity contribution in [3.63, 3.8) is 0 Å². The molecule has 2 aliphatic rings. The largest absolute Gasteiger partial charge is 0.494 e. The first-order chi connectivity index (χ1) is 16.3. The zero-order chi connectivity index (χ0) is 23.8. The van der Waals surface area contributed by atoms with Crippen LogP contribution in [0.5, 0.6) is 5.75 Å². The molecule has 34 heavy (non-hydrogen) atoms. The number of imide groups is 1. The summed E-state index contributed by atoms with van der Waals surface area (Å²) in [5, 5.41) is 5.92. The Morgan fingerprint density at radius 1 is 1.29 bits per heavy atom. The molecule has 0 saturated carbocycles. The number of fused-ring (bicyclic) bond motifs is 3. The molecule has 0 aliphatic carbocycles. The molecule has 2 aromatic heterocycles. The van der Waals surface area contributed by atoms with Crippen LogP contribution in [-0.2, 0) is 16.9 Å². The Kier molecular flexibility index (Phi) is 4.15. The van der Waals surface area contributed by atoms with Crippen LogP contribution in [0, 0.1) is 5.82 Å². The van der Waals surface area contributed by atoms with E-state index < -0.39 is 29.2 Å². The van der Waals surface area contributed by atoms with Crippen LogP contribution in [0.3, 0.4) is 0 Å². The van der Waals surface area contributed by atoms with Crippen molar-refractivity contribution in [1.29, 1.82) is 0 Å². The zero-order valence-corrected chi connectivity index (χ0v) is 18.4. The van der Waals surface area contributed by atoms with Crippen LogP contribution in [0.25, 0.3) is 21.2 Å². The van der Waals surface area contributed by atoms with Gasteiger partial charge in [0.15, 0.2) is 22.2 Å². The van der Waals surface area contributed by atoms with Gasteiger partial charge in [0.2, 0.25) is 0 Å². The first-order valence-electron chi connectivity index (χ1n) is 10.2. The lowest BCUT2D eigenvalue weighted by Gasteiger charge is -2.29. The number of amides is 4. The number of nitrogens with zero attached hydrogens (tertiary/aromatic N) is 2. The molecule has 1 saturated heterocycles. The maximum atomic E-state index is 14.8. The van der Waals surface area contributed by atoms with Gasteiger partial charge in [-0.15, -0.1) is 0 Å². The van der Waals surface area contributed by atoms with Gasteiger partial charge in [-0.1, -0.05) is 17.4 Å². The zero-order valence-electron chi connectivity index (χ0n) is 17.6. The summed E-state index contributed by atoms with van der Waals surface area (Å²) < 4.78 is 26.6. The number of nitrogens with two attached hydrogens (primary N) is 1. The molecule has 6 rings (SSSR count). The molecule has 172 valence electrons. The fraction of sp³-hybridized carbons (Fsp3) is 0.182. The number of nitrogen functional groups attached to an aromatic ring is 1. The third kappa shape index (κ3) is 2.78.